The molecule has 0 saturated carbocycles. The second-order valence-electron chi connectivity index (χ2n) is 4.10. The number of rotatable bonds is 5. The molecule has 15 heavy (non-hydrogen) atoms. The van der Waals surface area contributed by atoms with Crippen molar-refractivity contribution >= 4 is 11.6 Å². The average molecular weight is 227 g/mol. The minimum Gasteiger partial charge on any atom is -0.497 e. The molecule has 1 atom stereocenters. The van der Waals surface area contributed by atoms with Gasteiger partial charge in [-0.3, -0.25) is 0 Å². The molecule has 0 bridgehead atoms. The Kier molecular flexibility index (Phi) is 4.97. The van der Waals surface area contributed by atoms with E-state index < -0.39 is 0 Å². The first-order valence-electron chi connectivity index (χ1n) is 5.39. The molecule has 1 nitrogen and oxygen atoms in total. The van der Waals surface area contributed by atoms with E-state index in [1.165, 1.54) is 5.56 Å². The normalized spacial score (nSPS) is 12.9. The molecule has 0 heterocycles. The van der Waals surface area contributed by atoms with Gasteiger partial charge in [0.25, 0.3) is 0 Å². The van der Waals surface area contributed by atoms with Crippen LogP contribution in [0.1, 0.15) is 31.7 Å². The van der Waals surface area contributed by atoms with Gasteiger partial charge in [-0.25, -0.2) is 0 Å². The summed E-state index contributed by atoms with van der Waals surface area (Å²) in [6, 6.07) is 8.30. The molecule has 0 N–H and O–H groups in total. The number of halogens is 1. The van der Waals surface area contributed by atoms with Crippen molar-refractivity contribution in [3.05, 3.63) is 29.8 Å². The van der Waals surface area contributed by atoms with E-state index in [-0.39, 0.29) is 0 Å². The predicted molar refractivity (Wildman–Crippen MR) is 65.9 cm³/mol. The molecule has 0 spiro atoms. The van der Waals surface area contributed by atoms with Crippen LogP contribution in [0.15, 0.2) is 24.3 Å². The molecule has 1 rings (SSSR count). The molecule has 0 aliphatic heterocycles. The Morgan fingerprint density at radius 1 is 1.20 bits per heavy atom. The molecule has 0 amide bonds. The predicted octanol–water partition coefficient (Wildman–Crippen LogP) is 4.06. The fraction of sp³-hybridized carbons (Fsp3) is 0.538. The summed E-state index contributed by atoms with van der Waals surface area (Å²) in [6.07, 6.45) is 1.03. The molecule has 2 heteroatoms. The lowest BCUT2D eigenvalue weighted by Gasteiger charge is -2.20. The maximum Gasteiger partial charge on any atom is 0.118 e. The van der Waals surface area contributed by atoms with E-state index in [0.717, 1.165) is 18.1 Å². The van der Waals surface area contributed by atoms with Gasteiger partial charge in [0.05, 0.1) is 7.11 Å². The zero-order valence-corrected chi connectivity index (χ0v) is 10.4. The zero-order chi connectivity index (χ0) is 11.3. The van der Waals surface area contributed by atoms with Gasteiger partial charge in [0.1, 0.15) is 5.75 Å². The third-order valence-corrected chi connectivity index (χ3v) is 2.99. The zero-order valence-electron chi connectivity index (χ0n) is 9.66. The molecular weight excluding hydrogens is 208 g/mol. The molecule has 0 radical (unpaired) electrons. The largest absolute Gasteiger partial charge is 0.497 e. The van der Waals surface area contributed by atoms with Crippen molar-refractivity contribution in [2.24, 2.45) is 5.92 Å². The first-order valence-corrected chi connectivity index (χ1v) is 5.92. The van der Waals surface area contributed by atoms with E-state index in [2.05, 4.69) is 26.0 Å². The SMILES string of the molecule is COc1ccc(C(CCCl)C(C)C)cc1. The highest BCUT2D eigenvalue weighted by Gasteiger charge is 2.14. The minimum absolute atomic E-state index is 0.549. The Labute approximate surface area is 97.4 Å². The third kappa shape index (κ3) is 3.42. The molecule has 84 valence electrons. The van der Waals surface area contributed by atoms with Gasteiger partial charge < -0.3 is 4.74 Å². The van der Waals surface area contributed by atoms with Gasteiger partial charge in [-0.15, -0.1) is 11.6 Å². The number of hydrogen-bond acceptors (Lipinski definition) is 1. The van der Waals surface area contributed by atoms with E-state index in [0.29, 0.717) is 11.8 Å². The van der Waals surface area contributed by atoms with E-state index >= 15 is 0 Å². The molecular formula is C13H19ClO. The molecule has 1 aromatic rings. The fourth-order valence-electron chi connectivity index (χ4n) is 1.85. The first kappa shape index (κ1) is 12.4. The van der Waals surface area contributed by atoms with Gasteiger partial charge in [0.15, 0.2) is 0 Å². The number of methoxy groups -OCH3 is 1. The lowest BCUT2D eigenvalue weighted by Crippen LogP contribution is -2.07. The Hall–Kier alpha value is -0.690. The van der Waals surface area contributed by atoms with Gasteiger partial charge >= 0.3 is 0 Å². The van der Waals surface area contributed by atoms with Crippen molar-refractivity contribution in [1.29, 1.82) is 0 Å². The maximum atomic E-state index is 5.82. The quantitative estimate of drug-likeness (QED) is 0.688. The molecule has 0 aliphatic rings. The van der Waals surface area contributed by atoms with E-state index in [1.54, 1.807) is 7.11 Å². The van der Waals surface area contributed by atoms with Crippen LogP contribution in [0.25, 0.3) is 0 Å². The summed E-state index contributed by atoms with van der Waals surface area (Å²) < 4.78 is 5.14. The summed E-state index contributed by atoms with van der Waals surface area (Å²) in [5, 5.41) is 0. The second-order valence-corrected chi connectivity index (χ2v) is 4.48. The van der Waals surface area contributed by atoms with Gasteiger partial charge in [0.2, 0.25) is 0 Å². The lowest BCUT2D eigenvalue weighted by molar-refractivity contribution is 0.414. The molecule has 1 unspecified atom stereocenters. The summed E-state index contributed by atoms with van der Waals surface area (Å²) in [7, 11) is 1.69. The maximum absolute atomic E-state index is 5.82. The third-order valence-electron chi connectivity index (χ3n) is 2.77. The second kappa shape index (κ2) is 6.02. The average Bonchev–Trinajstić information content (AvgIpc) is 2.26. The smallest absolute Gasteiger partial charge is 0.118 e. The molecule has 0 fully saturated rings. The Morgan fingerprint density at radius 2 is 1.80 bits per heavy atom. The summed E-state index contributed by atoms with van der Waals surface area (Å²) in [5.41, 5.74) is 1.35. The number of hydrogen-bond donors (Lipinski definition) is 0. The fourth-order valence-corrected chi connectivity index (χ4v) is 2.09. The highest BCUT2D eigenvalue weighted by Crippen LogP contribution is 2.29. The van der Waals surface area contributed by atoms with Crippen LogP contribution in [-0.4, -0.2) is 13.0 Å². The standard InChI is InChI=1S/C13H19ClO/c1-10(2)13(8-9-14)11-4-6-12(15-3)7-5-11/h4-7,10,13H,8-9H2,1-3H3. The Balaban J connectivity index is 2.81. The van der Waals surface area contributed by atoms with Crippen LogP contribution < -0.4 is 4.74 Å². The van der Waals surface area contributed by atoms with E-state index in [4.69, 9.17) is 16.3 Å². The van der Waals surface area contributed by atoms with Crippen molar-refractivity contribution in [3.8, 4) is 5.75 Å². The van der Waals surface area contributed by atoms with Crippen LogP contribution in [0.2, 0.25) is 0 Å². The Bertz CT molecular complexity index is 279. The van der Waals surface area contributed by atoms with Crippen LogP contribution in [-0.2, 0) is 0 Å². The monoisotopic (exact) mass is 226 g/mol. The van der Waals surface area contributed by atoms with Gasteiger partial charge in [-0.1, -0.05) is 26.0 Å². The van der Waals surface area contributed by atoms with Crippen LogP contribution >= 0.6 is 11.6 Å². The van der Waals surface area contributed by atoms with Crippen molar-refractivity contribution in [2.45, 2.75) is 26.2 Å². The lowest BCUT2D eigenvalue weighted by atomic mass is 9.86. The van der Waals surface area contributed by atoms with E-state index in [9.17, 15) is 0 Å². The molecule has 0 aliphatic carbocycles. The topological polar surface area (TPSA) is 9.23 Å². The highest BCUT2D eigenvalue weighted by molar-refractivity contribution is 6.17. The van der Waals surface area contributed by atoms with Crippen molar-refractivity contribution < 1.29 is 4.74 Å². The number of alkyl halides is 1. The van der Waals surface area contributed by atoms with Crippen molar-refractivity contribution in [3.63, 3.8) is 0 Å². The van der Waals surface area contributed by atoms with Crippen LogP contribution in [0, 0.1) is 5.92 Å². The summed E-state index contributed by atoms with van der Waals surface area (Å²) in [6.45, 7) is 4.48. The first-order chi connectivity index (χ1) is 7.19. The highest BCUT2D eigenvalue weighted by atomic mass is 35.5. The summed E-state index contributed by atoms with van der Waals surface area (Å²) >= 11 is 5.82. The number of ether oxygens (including phenoxy) is 1. The molecule has 1 aromatic carbocycles. The minimum atomic E-state index is 0.549. The van der Waals surface area contributed by atoms with Gasteiger partial charge in [-0.05, 0) is 36.0 Å². The van der Waals surface area contributed by atoms with Crippen LogP contribution in [0.4, 0.5) is 0 Å². The molecule has 0 saturated heterocycles. The van der Waals surface area contributed by atoms with Gasteiger partial charge in [-0.2, -0.15) is 0 Å². The Morgan fingerprint density at radius 3 is 2.20 bits per heavy atom. The summed E-state index contributed by atoms with van der Waals surface area (Å²) in [4.78, 5) is 0. The van der Waals surface area contributed by atoms with E-state index in [1.807, 2.05) is 12.1 Å². The van der Waals surface area contributed by atoms with Crippen LogP contribution in [0.3, 0.4) is 0 Å². The number of benzene rings is 1. The van der Waals surface area contributed by atoms with Crippen molar-refractivity contribution in [2.75, 3.05) is 13.0 Å². The van der Waals surface area contributed by atoms with Gasteiger partial charge in [0, 0.05) is 5.88 Å². The summed E-state index contributed by atoms with van der Waals surface area (Å²) in [5.74, 6) is 2.80. The van der Waals surface area contributed by atoms with Crippen molar-refractivity contribution in [1.82, 2.24) is 0 Å². The van der Waals surface area contributed by atoms with Crippen LogP contribution in [0.5, 0.6) is 5.75 Å². The molecule has 0 aromatic heterocycles.